The summed E-state index contributed by atoms with van der Waals surface area (Å²) in [5, 5.41) is 0.894. The van der Waals surface area contributed by atoms with Gasteiger partial charge in [0, 0.05) is 46.5 Å². The van der Waals surface area contributed by atoms with E-state index in [0.717, 1.165) is 11.3 Å². The van der Waals surface area contributed by atoms with Crippen molar-refractivity contribution < 1.29 is 13.2 Å². The highest BCUT2D eigenvalue weighted by atomic mass is 35.5. The molecule has 2 aromatic carbocycles. The largest absolute Gasteiger partial charge is 0.331 e. The number of amides is 1. The summed E-state index contributed by atoms with van der Waals surface area (Å²) in [4.78, 5) is 19.7. The van der Waals surface area contributed by atoms with E-state index in [2.05, 4.69) is 9.71 Å². The van der Waals surface area contributed by atoms with E-state index in [-0.39, 0.29) is 49.4 Å². The van der Waals surface area contributed by atoms with Crippen LogP contribution in [0.4, 0.5) is 0 Å². The van der Waals surface area contributed by atoms with Gasteiger partial charge in [-0.1, -0.05) is 47.5 Å². The Morgan fingerprint density at radius 1 is 1.12 bits per heavy atom. The SMILES string of the molecule is Cc1nc2c(c(-c3ccc(Cl)cc3Cl)c1CN)C(=O)N(CCNS(=O)(=O)c1ccccc1)C2.Cl. The first kappa shape index (κ1) is 26.4. The molecule has 0 fully saturated rings. The molecule has 3 N–H and O–H groups in total. The zero-order valence-electron chi connectivity index (χ0n) is 18.2. The van der Waals surface area contributed by atoms with Crippen LogP contribution in [-0.4, -0.2) is 37.3 Å². The molecule has 0 saturated heterocycles. The number of aryl methyl sites for hydroxylation is 1. The zero-order chi connectivity index (χ0) is 23.8. The van der Waals surface area contributed by atoms with Crippen LogP contribution in [0.2, 0.25) is 10.0 Å². The fraction of sp³-hybridized carbons (Fsp3) is 0.217. The summed E-state index contributed by atoms with van der Waals surface area (Å²) in [6, 6.07) is 13.2. The standard InChI is InChI=1S/C23H22Cl2N4O3S.ClH/c1-14-18(12-26)21(17-8-7-15(24)11-19(17)25)22-20(28-14)13-29(23(22)30)10-9-27-33(31,32)16-5-3-2-4-6-16;/h2-8,11,27H,9-10,12-13,26H2,1H3;1H. The van der Waals surface area contributed by atoms with Crippen molar-refractivity contribution in [1.29, 1.82) is 0 Å². The number of hydrogen-bond donors (Lipinski definition) is 2. The number of nitrogens with two attached hydrogens (primary N) is 1. The number of benzene rings is 2. The van der Waals surface area contributed by atoms with Crippen molar-refractivity contribution in [2.45, 2.75) is 24.9 Å². The molecule has 0 aliphatic carbocycles. The lowest BCUT2D eigenvalue weighted by molar-refractivity contribution is 0.0782. The van der Waals surface area contributed by atoms with Crippen molar-refractivity contribution in [3.63, 3.8) is 0 Å². The number of rotatable bonds is 7. The average molecular weight is 542 g/mol. The molecule has 3 aromatic rings. The molecule has 34 heavy (non-hydrogen) atoms. The van der Waals surface area contributed by atoms with Gasteiger partial charge in [0.1, 0.15) is 0 Å². The number of sulfonamides is 1. The van der Waals surface area contributed by atoms with Gasteiger partial charge in [0.25, 0.3) is 5.91 Å². The van der Waals surface area contributed by atoms with E-state index < -0.39 is 10.0 Å². The van der Waals surface area contributed by atoms with Gasteiger partial charge in [-0.05, 0) is 36.8 Å². The molecule has 0 atom stereocenters. The van der Waals surface area contributed by atoms with E-state index in [1.54, 1.807) is 41.3 Å². The van der Waals surface area contributed by atoms with Crippen LogP contribution in [0.5, 0.6) is 0 Å². The van der Waals surface area contributed by atoms with Crippen molar-refractivity contribution >= 4 is 51.5 Å². The molecule has 180 valence electrons. The van der Waals surface area contributed by atoms with Crippen LogP contribution in [0.15, 0.2) is 53.4 Å². The normalized spacial score (nSPS) is 13.1. The van der Waals surface area contributed by atoms with Gasteiger partial charge in [-0.15, -0.1) is 12.4 Å². The minimum atomic E-state index is -3.67. The molecule has 1 aromatic heterocycles. The first-order chi connectivity index (χ1) is 15.7. The van der Waals surface area contributed by atoms with Crippen molar-refractivity contribution in [2.75, 3.05) is 13.1 Å². The van der Waals surface area contributed by atoms with E-state index in [0.29, 0.717) is 32.4 Å². The minimum Gasteiger partial charge on any atom is -0.331 e. The van der Waals surface area contributed by atoms with Crippen LogP contribution in [0, 0.1) is 6.92 Å². The van der Waals surface area contributed by atoms with Crippen LogP contribution >= 0.6 is 35.6 Å². The first-order valence-corrected chi connectivity index (χ1v) is 12.5. The summed E-state index contributed by atoms with van der Waals surface area (Å²) < 4.78 is 27.5. The third-order valence-corrected chi connectivity index (χ3v) is 7.58. The molecule has 1 aliphatic rings. The smallest absolute Gasteiger partial charge is 0.256 e. The highest BCUT2D eigenvalue weighted by Gasteiger charge is 2.34. The van der Waals surface area contributed by atoms with E-state index in [4.69, 9.17) is 28.9 Å². The fourth-order valence-electron chi connectivity index (χ4n) is 3.98. The Kier molecular flexibility index (Phi) is 8.23. The molecular formula is C23H23Cl3N4O3S. The lowest BCUT2D eigenvalue weighted by Crippen LogP contribution is -2.35. The molecule has 1 aliphatic heterocycles. The van der Waals surface area contributed by atoms with Gasteiger partial charge >= 0.3 is 0 Å². The summed E-state index contributed by atoms with van der Waals surface area (Å²) in [6.45, 7) is 2.55. The molecule has 0 saturated carbocycles. The van der Waals surface area contributed by atoms with E-state index >= 15 is 0 Å². The van der Waals surface area contributed by atoms with Gasteiger partial charge < -0.3 is 10.6 Å². The summed E-state index contributed by atoms with van der Waals surface area (Å²) in [5.74, 6) is -0.243. The van der Waals surface area contributed by atoms with Gasteiger partial charge in [0.15, 0.2) is 0 Å². The molecule has 0 unspecified atom stereocenters. The number of carbonyl (C=O) groups excluding carboxylic acids is 1. The number of nitrogens with one attached hydrogen (secondary N) is 1. The molecule has 0 radical (unpaired) electrons. The number of aromatic nitrogens is 1. The zero-order valence-corrected chi connectivity index (χ0v) is 21.4. The first-order valence-electron chi connectivity index (χ1n) is 10.2. The Balaban J connectivity index is 0.00000324. The lowest BCUT2D eigenvalue weighted by atomic mass is 9.93. The number of fused-ring (bicyclic) bond motifs is 1. The number of carbonyl (C=O) groups is 1. The summed E-state index contributed by atoms with van der Waals surface area (Å²) in [7, 11) is -3.67. The monoisotopic (exact) mass is 540 g/mol. The number of nitrogens with zero attached hydrogens (tertiary/aromatic N) is 2. The topological polar surface area (TPSA) is 105 Å². The third kappa shape index (κ3) is 5.07. The Morgan fingerprint density at radius 2 is 1.82 bits per heavy atom. The molecule has 0 spiro atoms. The second-order valence-electron chi connectivity index (χ2n) is 7.64. The fourth-order valence-corrected chi connectivity index (χ4v) is 5.52. The Bertz CT molecular complexity index is 1340. The molecule has 11 heteroatoms. The predicted octanol–water partition coefficient (Wildman–Crippen LogP) is 4.18. The maximum atomic E-state index is 13.4. The Morgan fingerprint density at radius 3 is 2.47 bits per heavy atom. The lowest BCUT2D eigenvalue weighted by Gasteiger charge is -2.17. The van der Waals surface area contributed by atoms with E-state index in [1.807, 2.05) is 6.92 Å². The minimum absolute atomic E-state index is 0. The number of halogens is 3. The highest BCUT2D eigenvalue weighted by Crippen LogP contribution is 2.39. The van der Waals surface area contributed by atoms with E-state index in [9.17, 15) is 13.2 Å². The van der Waals surface area contributed by atoms with Gasteiger partial charge in [-0.25, -0.2) is 13.1 Å². The van der Waals surface area contributed by atoms with Gasteiger partial charge in [-0.2, -0.15) is 0 Å². The van der Waals surface area contributed by atoms with E-state index in [1.165, 1.54) is 12.1 Å². The third-order valence-electron chi connectivity index (χ3n) is 5.55. The maximum absolute atomic E-state index is 13.4. The predicted molar refractivity (Wildman–Crippen MR) is 136 cm³/mol. The summed E-state index contributed by atoms with van der Waals surface area (Å²) >= 11 is 12.5. The molecule has 4 rings (SSSR count). The highest BCUT2D eigenvalue weighted by molar-refractivity contribution is 7.89. The van der Waals surface area contributed by atoms with Crippen molar-refractivity contribution in [2.24, 2.45) is 5.73 Å². The second kappa shape index (κ2) is 10.6. The van der Waals surface area contributed by atoms with Crippen LogP contribution < -0.4 is 10.5 Å². The molecule has 0 bridgehead atoms. The van der Waals surface area contributed by atoms with Gasteiger partial charge in [0.2, 0.25) is 10.0 Å². The van der Waals surface area contributed by atoms with Gasteiger partial charge in [-0.3, -0.25) is 9.78 Å². The summed E-state index contributed by atoms with van der Waals surface area (Å²) in [6.07, 6.45) is 0. The quantitative estimate of drug-likeness (QED) is 0.467. The van der Waals surface area contributed by atoms with Crippen molar-refractivity contribution in [3.05, 3.63) is 81.1 Å². The Hall–Kier alpha value is -2.20. The second-order valence-corrected chi connectivity index (χ2v) is 10.2. The van der Waals surface area contributed by atoms with Crippen LogP contribution in [-0.2, 0) is 23.1 Å². The molecule has 7 nitrogen and oxygen atoms in total. The van der Waals surface area contributed by atoms with Crippen LogP contribution in [0.1, 0.15) is 27.3 Å². The summed E-state index contributed by atoms with van der Waals surface area (Å²) in [5.41, 5.74) is 9.83. The van der Waals surface area contributed by atoms with Gasteiger partial charge in [0.05, 0.1) is 22.7 Å². The van der Waals surface area contributed by atoms with Crippen LogP contribution in [0.25, 0.3) is 11.1 Å². The molecule has 1 amide bonds. The molecule has 2 heterocycles. The number of hydrogen-bond acceptors (Lipinski definition) is 5. The Labute approximate surface area is 214 Å². The maximum Gasteiger partial charge on any atom is 0.256 e. The van der Waals surface area contributed by atoms with Crippen molar-refractivity contribution in [3.8, 4) is 11.1 Å². The van der Waals surface area contributed by atoms with Crippen LogP contribution in [0.3, 0.4) is 0 Å². The number of pyridine rings is 1. The average Bonchev–Trinajstić information content (AvgIpc) is 3.08. The molecular weight excluding hydrogens is 519 g/mol. The van der Waals surface area contributed by atoms with Crippen molar-refractivity contribution in [1.82, 2.24) is 14.6 Å².